The zero-order valence-corrected chi connectivity index (χ0v) is 13.9. The van der Waals surface area contributed by atoms with Crippen LogP contribution in [0.4, 0.5) is 0 Å². The van der Waals surface area contributed by atoms with Gasteiger partial charge in [-0.2, -0.15) is 0 Å². The Morgan fingerprint density at radius 2 is 2.19 bits per heavy atom. The number of nitrogens with one attached hydrogen (secondary N) is 1. The van der Waals surface area contributed by atoms with Crippen molar-refractivity contribution in [3.05, 3.63) is 29.3 Å². The van der Waals surface area contributed by atoms with Crippen LogP contribution in [-0.2, 0) is 13.1 Å². The topological polar surface area (TPSA) is 27.7 Å². The summed E-state index contributed by atoms with van der Waals surface area (Å²) < 4.78 is 5.55. The summed E-state index contributed by atoms with van der Waals surface area (Å²) in [5.41, 5.74) is 2.62. The summed E-state index contributed by atoms with van der Waals surface area (Å²) in [5, 5.41) is 3.22. The van der Waals surface area contributed by atoms with Crippen molar-refractivity contribution < 1.29 is 4.74 Å². The standard InChI is InChI=1S/C17H29N3O/c1-18-11-14-7-8-17(21-4)15(10-14)12-20-9-5-6-16(20)13-19(2)3/h7-8,10,16,18H,5-6,9,11-13H2,1-4H3. The van der Waals surface area contributed by atoms with E-state index in [1.54, 1.807) is 7.11 Å². The zero-order valence-electron chi connectivity index (χ0n) is 13.9. The zero-order chi connectivity index (χ0) is 15.2. The van der Waals surface area contributed by atoms with Crippen LogP contribution >= 0.6 is 0 Å². The maximum absolute atomic E-state index is 5.55. The Labute approximate surface area is 129 Å². The number of hydrogen-bond donors (Lipinski definition) is 1. The number of benzene rings is 1. The Morgan fingerprint density at radius 1 is 1.38 bits per heavy atom. The monoisotopic (exact) mass is 291 g/mol. The molecule has 1 unspecified atom stereocenters. The first kappa shape index (κ1) is 16.3. The first-order chi connectivity index (χ1) is 10.1. The van der Waals surface area contributed by atoms with Crippen LogP contribution in [0.5, 0.6) is 5.75 Å². The van der Waals surface area contributed by atoms with E-state index in [4.69, 9.17) is 4.74 Å². The molecule has 0 aromatic heterocycles. The van der Waals surface area contributed by atoms with Crippen molar-refractivity contribution in [1.29, 1.82) is 0 Å². The van der Waals surface area contributed by atoms with Gasteiger partial charge in [-0.3, -0.25) is 4.90 Å². The van der Waals surface area contributed by atoms with E-state index in [1.807, 2.05) is 7.05 Å². The van der Waals surface area contributed by atoms with Gasteiger partial charge in [0.2, 0.25) is 0 Å². The van der Waals surface area contributed by atoms with Crippen LogP contribution in [-0.4, -0.2) is 57.2 Å². The molecule has 1 aromatic carbocycles. The number of hydrogen-bond acceptors (Lipinski definition) is 4. The van der Waals surface area contributed by atoms with Gasteiger partial charge in [-0.05, 0) is 58.2 Å². The van der Waals surface area contributed by atoms with Crippen LogP contribution in [0.3, 0.4) is 0 Å². The molecule has 118 valence electrons. The first-order valence-corrected chi connectivity index (χ1v) is 7.83. The highest BCUT2D eigenvalue weighted by Crippen LogP contribution is 2.26. The van der Waals surface area contributed by atoms with Crippen molar-refractivity contribution in [3.8, 4) is 5.75 Å². The minimum Gasteiger partial charge on any atom is -0.496 e. The normalized spacial score (nSPS) is 19.4. The lowest BCUT2D eigenvalue weighted by Crippen LogP contribution is -2.37. The molecule has 4 nitrogen and oxygen atoms in total. The predicted octanol–water partition coefficient (Wildman–Crippen LogP) is 1.94. The van der Waals surface area contributed by atoms with E-state index >= 15 is 0 Å². The van der Waals surface area contributed by atoms with Crippen LogP contribution in [0.1, 0.15) is 24.0 Å². The van der Waals surface area contributed by atoms with E-state index in [2.05, 4.69) is 47.4 Å². The van der Waals surface area contributed by atoms with E-state index in [1.165, 1.54) is 30.5 Å². The lowest BCUT2D eigenvalue weighted by Gasteiger charge is -2.27. The quantitative estimate of drug-likeness (QED) is 0.831. The number of methoxy groups -OCH3 is 1. The molecule has 0 amide bonds. The molecule has 1 aliphatic rings. The molecule has 4 heteroatoms. The smallest absolute Gasteiger partial charge is 0.123 e. The minimum absolute atomic E-state index is 0.665. The van der Waals surface area contributed by atoms with Crippen molar-refractivity contribution in [2.24, 2.45) is 0 Å². The fourth-order valence-corrected chi connectivity index (χ4v) is 3.22. The maximum Gasteiger partial charge on any atom is 0.123 e. The summed E-state index contributed by atoms with van der Waals surface area (Å²) >= 11 is 0. The highest BCUT2D eigenvalue weighted by Gasteiger charge is 2.25. The van der Waals surface area contributed by atoms with E-state index < -0.39 is 0 Å². The van der Waals surface area contributed by atoms with Crippen LogP contribution < -0.4 is 10.1 Å². The summed E-state index contributed by atoms with van der Waals surface area (Å²) in [7, 11) is 8.06. The van der Waals surface area contributed by atoms with Crippen molar-refractivity contribution in [2.45, 2.75) is 32.0 Å². The van der Waals surface area contributed by atoms with Gasteiger partial charge in [-0.25, -0.2) is 0 Å². The van der Waals surface area contributed by atoms with Crippen LogP contribution in [0.2, 0.25) is 0 Å². The van der Waals surface area contributed by atoms with Crippen molar-refractivity contribution >= 4 is 0 Å². The van der Waals surface area contributed by atoms with E-state index in [0.29, 0.717) is 6.04 Å². The van der Waals surface area contributed by atoms with Gasteiger partial charge in [0.15, 0.2) is 0 Å². The molecule has 0 bridgehead atoms. The molecular formula is C17H29N3O. The highest BCUT2D eigenvalue weighted by atomic mass is 16.5. The molecule has 1 aliphatic heterocycles. The Bertz CT molecular complexity index is 448. The number of nitrogens with zero attached hydrogens (tertiary/aromatic N) is 2. The summed E-state index contributed by atoms with van der Waals surface area (Å²) in [6, 6.07) is 7.18. The molecule has 21 heavy (non-hydrogen) atoms. The molecule has 0 radical (unpaired) electrons. The molecule has 1 N–H and O–H groups in total. The largest absolute Gasteiger partial charge is 0.496 e. The number of likely N-dealkylation sites (tertiary alicyclic amines) is 1. The third kappa shape index (κ3) is 4.43. The summed E-state index contributed by atoms with van der Waals surface area (Å²) in [6.07, 6.45) is 2.60. The van der Waals surface area contributed by atoms with Crippen molar-refractivity contribution in [1.82, 2.24) is 15.1 Å². The van der Waals surface area contributed by atoms with Crippen LogP contribution in [0.25, 0.3) is 0 Å². The van der Waals surface area contributed by atoms with E-state index in [9.17, 15) is 0 Å². The van der Waals surface area contributed by atoms with Gasteiger partial charge < -0.3 is 15.0 Å². The van der Waals surface area contributed by atoms with Gasteiger partial charge in [0.25, 0.3) is 0 Å². The van der Waals surface area contributed by atoms with Crippen molar-refractivity contribution in [2.75, 3.05) is 41.3 Å². The summed E-state index contributed by atoms with van der Waals surface area (Å²) in [5.74, 6) is 1.00. The molecule has 1 fully saturated rings. The Morgan fingerprint density at radius 3 is 2.86 bits per heavy atom. The Hall–Kier alpha value is -1.10. The fourth-order valence-electron chi connectivity index (χ4n) is 3.22. The van der Waals surface area contributed by atoms with Gasteiger partial charge >= 0.3 is 0 Å². The second-order valence-electron chi connectivity index (χ2n) is 6.21. The number of rotatable bonds is 7. The Kier molecular flexibility index (Phi) is 6.03. The van der Waals surface area contributed by atoms with E-state index in [0.717, 1.165) is 25.4 Å². The second kappa shape index (κ2) is 7.78. The molecule has 0 aliphatic carbocycles. The molecule has 1 saturated heterocycles. The summed E-state index contributed by atoms with van der Waals surface area (Å²) in [4.78, 5) is 4.89. The van der Waals surface area contributed by atoms with Crippen LogP contribution in [0.15, 0.2) is 18.2 Å². The second-order valence-corrected chi connectivity index (χ2v) is 6.21. The van der Waals surface area contributed by atoms with Gasteiger partial charge in [0, 0.05) is 31.2 Å². The number of likely N-dealkylation sites (N-methyl/N-ethyl adjacent to an activating group) is 1. The maximum atomic E-state index is 5.55. The van der Waals surface area contributed by atoms with Gasteiger partial charge in [-0.15, -0.1) is 0 Å². The first-order valence-electron chi connectivity index (χ1n) is 7.83. The lowest BCUT2D eigenvalue weighted by molar-refractivity contribution is 0.199. The molecule has 2 rings (SSSR count). The average Bonchev–Trinajstić information content (AvgIpc) is 2.86. The predicted molar refractivity (Wildman–Crippen MR) is 87.7 cm³/mol. The van der Waals surface area contributed by atoms with Crippen LogP contribution in [0, 0.1) is 0 Å². The lowest BCUT2D eigenvalue weighted by atomic mass is 10.1. The van der Waals surface area contributed by atoms with Gasteiger partial charge in [-0.1, -0.05) is 6.07 Å². The molecule has 1 aromatic rings. The summed E-state index contributed by atoms with van der Waals surface area (Å²) in [6.45, 7) is 4.22. The Balaban J connectivity index is 2.11. The minimum atomic E-state index is 0.665. The van der Waals surface area contributed by atoms with Crippen molar-refractivity contribution in [3.63, 3.8) is 0 Å². The molecule has 1 atom stereocenters. The number of ether oxygens (including phenoxy) is 1. The SMILES string of the molecule is CNCc1ccc(OC)c(CN2CCCC2CN(C)C)c1. The van der Waals surface area contributed by atoms with Gasteiger partial charge in [0.1, 0.15) is 5.75 Å². The molecule has 1 heterocycles. The third-order valence-corrected chi connectivity index (χ3v) is 4.17. The average molecular weight is 291 g/mol. The highest BCUT2D eigenvalue weighted by molar-refractivity contribution is 5.37. The fraction of sp³-hybridized carbons (Fsp3) is 0.647. The van der Waals surface area contributed by atoms with E-state index in [-0.39, 0.29) is 0 Å². The third-order valence-electron chi connectivity index (χ3n) is 4.17. The molecule has 0 spiro atoms. The molecular weight excluding hydrogens is 262 g/mol. The molecule has 0 saturated carbocycles. The van der Waals surface area contributed by atoms with Gasteiger partial charge in [0.05, 0.1) is 7.11 Å².